The normalized spacial score (nSPS) is 10.8. The van der Waals surface area contributed by atoms with Gasteiger partial charge < -0.3 is 10.3 Å². The summed E-state index contributed by atoms with van der Waals surface area (Å²) in [6.07, 6.45) is 0.457. The maximum Gasteiger partial charge on any atom is 0.231 e. The van der Waals surface area contributed by atoms with Crippen LogP contribution in [0.15, 0.2) is 51.5 Å². The molecule has 0 aliphatic heterocycles. The fourth-order valence-electron chi connectivity index (χ4n) is 1.96. The van der Waals surface area contributed by atoms with Crippen LogP contribution < -0.4 is 5.73 Å². The third kappa shape index (κ3) is 2.95. The van der Waals surface area contributed by atoms with Gasteiger partial charge in [0.2, 0.25) is 11.7 Å². The van der Waals surface area contributed by atoms with E-state index in [-0.39, 0.29) is 5.82 Å². The van der Waals surface area contributed by atoms with Crippen LogP contribution in [0, 0.1) is 5.82 Å². The molecular weight excluding hydrogens is 337 g/mol. The number of nitrogen functional groups attached to an aromatic ring is 1. The number of benzene rings is 2. The van der Waals surface area contributed by atoms with Crippen LogP contribution in [-0.2, 0) is 6.42 Å². The number of hydrogen-bond donors (Lipinski definition) is 1. The number of halogens is 2. The van der Waals surface area contributed by atoms with Crippen molar-refractivity contribution in [1.29, 1.82) is 0 Å². The summed E-state index contributed by atoms with van der Waals surface area (Å²) in [4.78, 5) is 4.32. The largest absolute Gasteiger partial charge is 0.398 e. The van der Waals surface area contributed by atoms with Crippen LogP contribution in [0.1, 0.15) is 11.5 Å². The predicted molar refractivity (Wildman–Crippen MR) is 81.1 cm³/mol. The van der Waals surface area contributed by atoms with Gasteiger partial charge in [-0.2, -0.15) is 4.98 Å². The third-order valence-electron chi connectivity index (χ3n) is 3.04. The van der Waals surface area contributed by atoms with Crippen molar-refractivity contribution in [2.75, 3.05) is 5.73 Å². The van der Waals surface area contributed by atoms with Crippen molar-refractivity contribution in [1.82, 2.24) is 10.1 Å². The van der Waals surface area contributed by atoms with E-state index in [1.807, 2.05) is 24.3 Å². The molecule has 3 rings (SSSR count). The van der Waals surface area contributed by atoms with Crippen molar-refractivity contribution in [3.63, 3.8) is 0 Å². The minimum Gasteiger partial charge on any atom is -0.398 e. The van der Waals surface area contributed by atoms with Crippen molar-refractivity contribution in [3.05, 3.63) is 64.2 Å². The Hall–Kier alpha value is -2.21. The molecule has 0 bridgehead atoms. The minimum absolute atomic E-state index is 0.327. The first kappa shape index (κ1) is 13.8. The average molecular weight is 348 g/mol. The Morgan fingerprint density at radius 2 is 2.00 bits per heavy atom. The topological polar surface area (TPSA) is 64.9 Å². The highest BCUT2D eigenvalue weighted by atomic mass is 79.9. The molecule has 0 saturated carbocycles. The first-order chi connectivity index (χ1) is 10.1. The van der Waals surface area contributed by atoms with Gasteiger partial charge in [0.15, 0.2) is 0 Å². The molecule has 106 valence electrons. The van der Waals surface area contributed by atoms with Gasteiger partial charge in [-0.05, 0) is 45.8 Å². The van der Waals surface area contributed by atoms with Gasteiger partial charge in [0.1, 0.15) is 5.82 Å². The summed E-state index contributed by atoms with van der Waals surface area (Å²) in [5.74, 6) is 0.539. The molecule has 0 unspecified atom stereocenters. The smallest absolute Gasteiger partial charge is 0.231 e. The van der Waals surface area contributed by atoms with E-state index in [1.54, 1.807) is 6.07 Å². The zero-order chi connectivity index (χ0) is 14.8. The molecule has 3 aromatic rings. The Bertz CT molecular complexity index is 788. The quantitative estimate of drug-likeness (QED) is 0.731. The van der Waals surface area contributed by atoms with Crippen LogP contribution in [0.5, 0.6) is 0 Å². The molecule has 4 nitrogen and oxygen atoms in total. The molecule has 1 heterocycles. The lowest BCUT2D eigenvalue weighted by atomic mass is 10.1. The molecule has 2 N–H and O–H groups in total. The molecule has 0 atom stereocenters. The first-order valence-electron chi connectivity index (χ1n) is 6.25. The van der Waals surface area contributed by atoms with Crippen LogP contribution in [0.4, 0.5) is 10.1 Å². The third-order valence-corrected chi connectivity index (χ3v) is 3.69. The molecule has 1 aromatic heterocycles. The van der Waals surface area contributed by atoms with Gasteiger partial charge in [-0.15, -0.1) is 0 Å². The number of nitrogens with two attached hydrogens (primary N) is 1. The maximum atomic E-state index is 13.1. The molecule has 2 aromatic carbocycles. The fraction of sp³-hybridized carbons (Fsp3) is 0.0667. The number of aromatic nitrogens is 2. The van der Waals surface area contributed by atoms with Crippen molar-refractivity contribution >= 4 is 21.6 Å². The number of nitrogens with zero attached hydrogens (tertiary/aromatic N) is 2. The summed E-state index contributed by atoms with van der Waals surface area (Å²) in [5.41, 5.74) is 8.16. The molecule has 0 spiro atoms. The van der Waals surface area contributed by atoms with E-state index < -0.39 is 0 Å². The molecule has 0 saturated heterocycles. The summed E-state index contributed by atoms with van der Waals surface area (Å²) in [6.45, 7) is 0. The fourth-order valence-corrected chi connectivity index (χ4v) is 2.49. The van der Waals surface area contributed by atoms with Gasteiger partial charge in [0.25, 0.3) is 0 Å². The molecule has 0 aliphatic carbocycles. The Labute approximate surface area is 128 Å². The second-order valence-electron chi connectivity index (χ2n) is 4.51. The van der Waals surface area contributed by atoms with Gasteiger partial charge in [-0.1, -0.05) is 23.4 Å². The Morgan fingerprint density at radius 1 is 1.19 bits per heavy atom. The molecule has 0 fully saturated rings. The van der Waals surface area contributed by atoms with E-state index >= 15 is 0 Å². The van der Waals surface area contributed by atoms with Gasteiger partial charge >= 0.3 is 0 Å². The molecule has 0 radical (unpaired) electrons. The summed E-state index contributed by atoms with van der Waals surface area (Å²) >= 11 is 3.29. The van der Waals surface area contributed by atoms with E-state index in [0.29, 0.717) is 33.9 Å². The zero-order valence-electron chi connectivity index (χ0n) is 10.9. The van der Waals surface area contributed by atoms with Crippen molar-refractivity contribution in [2.24, 2.45) is 0 Å². The summed E-state index contributed by atoms with van der Waals surface area (Å²) in [7, 11) is 0. The van der Waals surface area contributed by atoms with Gasteiger partial charge in [-0.3, -0.25) is 0 Å². The molecule has 0 amide bonds. The van der Waals surface area contributed by atoms with E-state index in [4.69, 9.17) is 10.3 Å². The lowest BCUT2D eigenvalue weighted by Gasteiger charge is -2.00. The molecular formula is C15H11BrFN3O. The van der Waals surface area contributed by atoms with Crippen LogP contribution in [-0.4, -0.2) is 10.1 Å². The zero-order valence-corrected chi connectivity index (χ0v) is 12.5. The number of anilines is 1. The average Bonchev–Trinajstić information content (AvgIpc) is 2.90. The van der Waals surface area contributed by atoms with Crippen molar-refractivity contribution < 1.29 is 8.91 Å². The lowest BCUT2D eigenvalue weighted by molar-refractivity contribution is 0.386. The van der Waals surface area contributed by atoms with E-state index in [2.05, 4.69) is 26.1 Å². The van der Waals surface area contributed by atoms with Crippen LogP contribution in [0.2, 0.25) is 0 Å². The minimum atomic E-state index is -0.327. The number of para-hydroxylation sites is 1. The SMILES string of the molecule is Nc1ccccc1Cc1nc(-c2ccc(F)cc2Br)no1. The van der Waals surface area contributed by atoms with Crippen LogP contribution in [0.25, 0.3) is 11.4 Å². The highest BCUT2D eigenvalue weighted by molar-refractivity contribution is 9.10. The number of hydrogen-bond acceptors (Lipinski definition) is 4. The van der Waals surface area contributed by atoms with E-state index in [1.165, 1.54) is 12.1 Å². The van der Waals surface area contributed by atoms with Gasteiger partial charge in [0.05, 0.1) is 6.42 Å². The van der Waals surface area contributed by atoms with Crippen molar-refractivity contribution in [2.45, 2.75) is 6.42 Å². The Morgan fingerprint density at radius 3 is 2.76 bits per heavy atom. The summed E-state index contributed by atoms with van der Waals surface area (Å²) in [6, 6.07) is 11.8. The maximum absolute atomic E-state index is 13.1. The molecule has 0 aliphatic rings. The second kappa shape index (κ2) is 5.65. The Balaban J connectivity index is 1.88. The predicted octanol–water partition coefficient (Wildman–Crippen LogP) is 3.81. The second-order valence-corrected chi connectivity index (χ2v) is 5.37. The Kier molecular flexibility index (Phi) is 3.70. The molecule has 6 heteroatoms. The number of rotatable bonds is 3. The monoisotopic (exact) mass is 347 g/mol. The van der Waals surface area contributed by atoms with Crippen LogP contribution >= 0.6 is 15.9 Å². The highest BCUT2D eigenvalue weighted by Crippen LogP contribution is 2.27. The van der Waals surface area contributed by atoms with Crippen molar-refractivity contribution in [3.8, 4) is 11.4 Å². The molecule has 21 heavy (non-hydrogen) atoms. The van der Waals surface area contributed by atoms with Gasteiger partial charge in [-0.25, -0.2) is 4.39 Å². The first-order valence-corrected chi connectivity index (χ1v) is 7.04. The van der Waals surface area contributed by atoms with Gasteiger partial charge in [0, 0.05) is 15.7 Å². The van der Waals surface area contributed by atoms with E-state index in [9.17, 15) is 4.39 Å². The summed E-state index contributed by atoms with van der Waals surface area (Å²) < 4.78 is 18.9. The standard InChI is InChI=1S/C15H11BrFN3O/c16-12-8-10(17)5-6-11(12)15-19-14(21-20-15)7-9-3-1-2-4-13(9)18/h1-6,8H,7,18H2. The highest BCUT2D eigenvalue weighted by Gasteiger charge is 2.13. The van der Waals surface area contributed by atoms with E-state index in [0.717, 1.165) is 5.56 Å². The van der Waals surface area contributed by atoms with Crippen LogP contribution in [0.3, 0.4) is 0 Å². The lowest BCUT2D eigenvalue weighted by Crippen LogP contribution is -1.95. The summed E-state index contributed by atoms with van der Waals surface area (Å²) in [5, 5.41) is 3.92.